The van der Waals surface area contributed by atoms with Crippen LogP contribution < -0.4 is 4.74 Å². The molecule has 4 heteroatoms. The van der Waals surface area contributed by atoms with E-state index in [1.54, 1.807) is 13.2 Å². The number of carbonyl (C=O) groups is 1. The molecule has 1 aliphatic heterocycles. The lowest BCUT2D eigenvalue weighted by Gasteiger charge is -2.21. The zero-order valence-electron chi connectivity index (χ0n) is 8.60. The molecule has 1 unspecified atom stereocenters. The topological polar surface area (TPSA) is 48.4 Å². The van der Waals surface area contributed by atoms with Crippen LogP contribution in [0.1, 0.15) is 24.6 Å². The van der Waals surface area contributed by atoms with Gasteiger partial charge in [-0.15, -0.1) is 0 Å². The Balaban J connectivity index is 2.17. The average Bonchev–Trinajstić information content (AvgIpc) is 2.29. The number of rotatable bonds is 2. The summed E-state index contributed by atoms with van der Waals surface area (Å²) in [5.41, 5.74) is 0.766. The van der Waals surface area contributed by atoms with E-state index in [2.05, 4.69) is 4.98 Å². The third kappa shape index (κ3) is 2.33. The molecule has 1 aromatic heterocycles. The standard InChI is InChI=1S/C11H13NO3/c1-14-11-4-2-3-9(12-11)10-7-8(13)5-6-15-10/h2-4,10H,5-7H2,1H3. The lowest BCUT2D eigenvalue weighted by Crippen LogP contribution is -2.20. The third-order valence-corrected chi connectivity index (χ3v) is 2.40. The molecule has 1 aromatic rings. The number of aromatic nitrogens is 1. The highest BCUT2D eigenvalue weighted by atomic mass is 16.5. The fraction of sp³-hybridized carbons (Fsp3) is 0.455. The van der Waals surface area contributed by atoms with Gasteiger partial charge in [0.15, 0.2) is 0 Å². The van der Waals surface area contributed by atoms with Gasteiger partial charge < -0.3 is 9.47 Å². The lowest BCUT2D eigenvalue weighted by atomic mass is 10.0. The van der Waals surface area contributed by atoms with E-state index in [1.165, 1.54) is 0 Å². The predicted molar refractivity (Wildman–Crippen MR) is 53.7 cm³/mol. The van der Waals surface area contributed by atoms with Crippen molar-refractivity contribution < 1.29 is 14.3 Å². The highest BCUT2D eigenvalue weighted by molar-refractivity contribution is 5.79. The van der Waals surface area contributed by atoms with Gasteiger partial charge in [-0.3, -0.25) is 4.79 Å². The van der Waals surface area contributed by atoms with Gasteiger partial charge in [-0.25, -0.2) is 4.98 Å². The SMILES string of the molecule is COc1cccc(C2CC(=O)CCO2)n1. The molecule has 2 rings (SSSR count). The second-order valence-corrected chi connectivity index (χ2v) is 3.46. The molecule has 1 fully saturated rings. The normalized spacial score (nSPS) is 21.4. The van der Waals surface area contributed by atoms with E-state index >= 15 is 0 Å². The van der Waals surface area contributed by atoms with Gasteiger partial charge in [0, 0.05) is 18.9 Å². The van der Waals surface area contributed by atoms with Gasteiger partial charge in [-0.1, -0.05) is 6.07 Å². The van der Waals surface area contributed by atoms with Crippen LogP contribution in [0, 0.1) is 0 Å². The van der Waals surface area contributed by atoms with Crippen LogP contribution in [-0.4, -0.2) is 24.5 Å². The second kappa shape index (κ2) is 4.40. The zero-order chi connectivity index (χ0) is 10.7. The smallest absolute Gasteiger partial charge is 0.213 e. The highest BCUT2D eigenvalue weighted by Crippen LogP contribution is 2.25. The first kappa shape index (κ1) is 10.1. The van der Waals surface area contributed by atoms with E-state index in [4.69, 9.17) is 9.47 Å². The summed E-state index contributed by atoms with van der Waals surface area (Å²) < 4.78 is 10.5. The van der Waals surface area contributed by atoms with Crippen LogP contribution in [0.25, 0.3) is 0 Å². The van der Waals surface area contributed by atoms with Gasteiger partial charge in [0.25, 0.3) is 0 Å². The molecule has 0 spiro atoms. The fourth-order valence-corrected chi connectivity index (χ4v) is 1.60. The van der Waals surface area contributed by atoms with Gasteiger partial charge in [-0.2, -0.15) is 0 Å². The average molecular weight is 207 g/mol. The number of hydrogen-bond acceptors (Lipinski definition) is 4. The number of nitrogens with zero attached hydrogens (tertiary/aromatic N) is 1. The molecule has 4 nitrogen and oxygen atoms in total. The molecule has 0 radical (unpaired) electrons. The van der Waals surface area contributed by atoms with Crippen LogP contribution >= 0.6 is 0 Å². The zero-order valence-corrected chi connectivity index (χ0v) is 8.60. The van der Waals surface area contributed by atoms with Gasteiger partial charge in [-0.05, 0) is 6.07 Å². The van der Waals surface area contributed by atoms with Gasteiger partial charge in [0.05, 0.1) is 19.4 Å². The summed E-state index contributed by atoms with van der Waals surface area (Å²) in [7, 11) is 1.57. The first-order valence-corrected chi connectivity index (χ1v) is 4.94. The summed E-state index contributed by atoms with van der Waals surface area (Å²) in [5.74, 6) is 0.782. The van der Waals surface area contributed by atoms with Crippen molar-refractivity contribution in [1.29, 1.82) is 0 Å². The minimum absolute atomic E-state index is 0.207. The van der Waals surface area contributed by atoms with Crippen LogP contribution in [0.2, 0.25) is 0 Å². The van der Waals surface area contributed by atoms with Crippen LogP contribution in [0.15, 0.2) is 18.2 Å². The fourth-order valence-electron chi connectivity index (χ4n) is 1.60. The first-order valence-electron chi connectivity index (χ1n) is 4.94. The predicted octanol–water partition coefficient (Wildman–Crippen LogP) is 1.51. The Morgan fingerprint density at radius 2 is 2.40 bits per heavy atom. The van der Waals surface area contributed by atoms with Crippen molar-refractivity contribution in [3.63, 3.8) is 0 Å². The monoisotopic (exact) mass is 207 g/mol. The molecule has 1 aliphatic rings. The van der Waals surface area contributed by atoms with Gasteiger partial charge >= 0.3 is 0 Å². The Morgan fingerprint density at radius 3 is 3.13 bits per heavy atom. The van der Waals surface area contributed by atoms with Gasteiger partial charge in [0.1, 0.15) is 11.9 Å². The molecule has 2 heterocycles. The number of pyridine rings is 1. The maximum absolute atomic E-state index is 11.3. The van der Waals surface area contributed by atoms with E-state index in [9.17, 15) is 4.79 Å². The summed E-state index contributed by atoms with van der Waals surface area (Å²) in [4.78, 5) is 15.5. The van der Waals surface area contributed by atoms with Crippen molar-refractivity contribution >= 4 is 5.78 Å². The van der Waals surface area contributed by atoms with Crippen molar-refractivity contribution in [3.8, 4) is 5.88 Å². The number of methoxy groups -OCH3 is 1. The van der Waals surface area contributed by atoms with Crippen molar-refractivity contribution in [1.82, 2.24) is 4.98 Å². The number of hydrogen-bond donors (Lipinski definition) is 0. The molecule has 0 N–H and O–H groups in total. The molecule has 0 aliphatic carbocycles. The summed E-state index contributed by atoms with van der Waals surface area (Å²) in [5, 5.41) is 0. The molecule has 1 saturated heterocycles. The number of ketones is 1. The molecule has 80 valence electrons. The second-order valence-electron chi connectivity index (χ2n) is 3.46. The Kier molecular flexibility index (Phi) is 2.97. The van der Waals surface area contributed by atoms with Crippen molar-refractivity contribution in [2.45, 2.75) is 18.9 Å². The number of carbonyl (C=O) groups excluding carboxylic acids is 1. The van der Waals surface area contributed by atoms with Crippen LogP contribution in [-0.2, 0) is 9.53 Å². The van der Waals surface area contributed by atoms with Crippen molar-refractivity contribution in [2.75, 3.05) is 13.7 Å². The summed E-state index contributed by atoms with van der Waals surface area (Å²) >= 11 is 0. The summed E-state index contributed by atoms with van der Waals surface area (Å²) in [6, 6.07) is 5.48. The van der Waals surface area contributed by atoms with E-state index in [-0.39, 0.29) is 11.9 Å². The lowest BCUT2D eigenvalue weighted by molar-refractivity contribution is -0.128. The largest absolute Gasteiger partial charge is 0.481 e. The molecular formula is C11H13NO3. The maximum atomic E-state index is 11.3. The Labute approximate surface area is 88.2 Å². The highest BCUT2D eigenvalue weighted by Gasteiger charge is 2.22. The molecule has 0 saturated carbocycles. The Hall–Kier alpha value is -1.42. The molecule has 15 heavy (non-hydrogen) atoms. The third-order valence-electron chi connectivity index (χ3n) is 2.40. The van der Waals surface area contributed by atoms with Crippen LogP contribution in [0.4, 0.5) is 0 Å². The molecule has 0 amide bonds. The Morgan fingerprint density at radius 1 is 1.53 bits per heavy atom. The maximum Gasteiger partial charge on any atom is 0.213 e. The summed E-state index contributed by atoms with van der Waals surface area (Å²) in [6.07, 6.45) is 0.724. The minimum Gasteiger partial charge on any atom is -0.481 e. The van der Waals surface area contributed by atoms with Gasteiger partial charge in [0.2, 0.25) is 5.88 Å². The van der Waals surface area contributed by atoms with E-state index in [0.29, 0.717) is 25.3 Å². The first-order chi connectivity index (χ1) is 7.29. The quantitative estimate of drug-likeness (QED) is 0.737. The number of Topliss-reactive ketones (excluding diaryl/α,β-unsaturated/α-hetero) is 1. The molecule has 0 bridgehead atoms. The molecular weight excluding hydrogens is 194 g/mol. The van der Waals surface area contributed by atoms with E-state index in [0.717, 1.165) is 5.69 Å². The summed E-state index contributed by atoms with van der Waals surface area (Å²) in [6.45, 7) is 0.488. The Bertz CT molecular complexity index is 365. The van der Waals surface area contributed by atoms with E-state index in [1.807, 2.05) is 12.1 Å². The van der Waals surface area contributed by atoms with Crippen LogP contribution in [0.3, 0.4) is 0 Å². The van der Waals surface area contributed by atoms with Crippen molar-refractivity contribution in [2.24, 2.45) is 0 Å². The van der Waals surface area contributed by atoms with Crippen molar-refractivity contribution in [3.05, 3.63) is 23.9 Å². The molecule has 0 aromatic carbocycles. The van der Waals surface area contributed by atoms with Crippen LogP contribution in [0.5, 0.6) is 5.88 Å². The van der Waals surface area contributed by atoms with E-state index < -0.39 is 0 Å². The minimum atomic E-state index is -0.207. The number of ether oxygens (including phenoxy) is 2. The molecule has 1 atom stereocenters.